The highest BCUT2D eigenvalue weighted by molar-refractivity contribution is 5.35. The Morgan fingerprint density at radius 2 is 2.07 bits per heavy atom. The molecule has 1 atom stereocenters. The van der Waals surface area contributed by atoms with Crippen LogP contribution in [0.25, 0.3) is 0 Å². The second kappa shape index (κ2) is 5.63. The van der Waals surface area contributed by atoms with E-state index in [4.69, 9.17) is 0 Å². The van der Waals surface area contributed by atoms with Gasteiger partial charge in [-0.25, -0.2) is 0 Å². The molecule has 1 unspecified atom stereocenters. The molecule has 3 nitrogen and oxygen atoms in total. The normalized spacial score (nSPS) is 12.9. The molecule has 0 aliphatic carbocycles. The van der Waals surface area contributed by atoms with E-state index in [0.717, 1.165) is 0 Å². The fourth-order valence-corrected chi connectivity index (χ4v) is 1.26. The number of aliphatic hydroxyl groups excluding tert-OH is 1. The van der Waals surface area contributed by atoms with Gasteiger partial charge >= 0.3 is 6.61 Å². The number of alkyl halides is 2. The van der Waals surface area contributed by atoms with E-state index in [2.05, 4.69) is 10.1 Å². The number of hydrogen-bond donors (Lipinski definition) is 2. The summed E-state index contributed by atoms with van der Waals surface area (Å²) >= 11 is 0. The molecule has 5 heteroatoms. The molecule has 0 heterocycles. The third-order valence-electron chi connectivity index (χ3n) is 1.89. The van der Waals surface area contributed by atoms with E-state index in [1.165, 1.54) is 6.07 Å². The molecule has 1 rings (SSSR count). The average molecular weight is 217 g/mol. The van der Waals surface area contributed by atoms with Gasteiger partial charge < -0.3 is 15.2 Å². The Kier molecular flexibility index (Phi) is 4.45. The van der Waals surface area contributed by atoms with Gasteiger partial charge in [-0.1, -0.05) is 18.2 Å². The van der Waals surface area contributed by atoms with Gasteiger partial charge in [0.05, 0.1) is 6.10 Å². The highest BCUT2D eigenvalue weighted by Crippen LogP contribution is 2.25. The van der Waals surface area contributed by atoms with Crippen LogP contribution in [-0.4, -0.2) is 25.3 Å². The quantitative estimate of drug-likeness (QED) is 0.786. The molecule has 1 aromatic carbocycles. The van der Waals surface area contributed by atoms with Crippen LogP contribution in [0, 0.1) is 0 Å². The zero-order valence-electron chi connectivity index (χ0n) is 8.28. The summed E-state index contributed by atoms with van der Waals surface area (Å²) in [5, 5.41) is 12.4. The van der Waals surface area contributed by atoms with Crippen LogP contribution < -0.4 is 10.1 Å². The summed E-state index contributed by atoms with van der Waals surface area (Å²) in [6.45, 7) is -2.60. The van der Waals surface area contributed by atoms with Gasteiger partial charge in [0, 0.05) is 12.1 Å². The molecule has 0 aliphatic rings. The molecule has 0 amide bonds. The van der Waals surface area contributed by atoms with E-state index in [-0.39, 0.29) is 12.3 Å². The van der Waals surface area contributed by atoms with Gasteiger partial charge in [0.1, 0.15) is 5.75 Å². The first-order chi connectivity index (χ1) is 7.15. The summed E-state index contributed by atoms with van der Waals surface area (Å²) in [4.78, 5) is 0. The molecule has 84 valence electrons. The molecule has 0 saturated heterocycles. The van der Waals surface area contributed by atoms with E-state index in [1.54, 1.807) is 25.2 Å². The number of para-hydroxylation sites is 1. The van der Waals surface area contributed by atoms with Crippen molar-refractivity contribution in [2.45, 2.75) is 12.7 Å². The largest absolute Gasteiger partial charge is 0.434 e. The maximum absolute atomic E-state index is 12.0. The summed E-state index contributed by atoms with van der Waals surface area (Å²) < 4.78 is 28.4. The van der Waals surface area contributed by atoms with Gasteiger partial charge in [0.2, 0.25) is 0 Å². The maximum atomic E-state index is 12.0. The zero-order chi connectivity index (χ0) is 11.3. The van der Waals surface area contributed by atoms with Crippen molar-refractivity contribution in [3.8, 4) is 5.75 Å². The van der Waals surface area contributed by atoms with Gasteiger partial charge in [0.15, 0.2) is 0 Å². The van der Waals surface area contributed by atoms with Crippen LogP contribution in [0.15, 0.2) is 24.3 Å². The monoisotopic (exact) mass is 217 g/mol. The summed E-state index contributed by atoms with van der Waals surface area (Å²) in [6, 6.07) is 6.19. The van der Waals surface area contributed by atoms with Crippen molar-refractivity contribution >= 4 is 0 Å². The molecule has 0 bridgehead atoms. The van der Waals surface area contributed by atoms with Crippen LogP contribution in [0.4, 0.5) is 8.78 Å². The molecular formula is C10H13F2NO2. The van der Waals surface area contributed by atoms with Gasteiger partial charge in [-0.2, -0.15) is 8.78 Å². The highest BCUT2D eigenvalue weighted by atomic mass is 19.3. The number of benzene rings is 1. The number of ether oxygens (including phenoxy) is 1. The van der Waals surface area contributed by atoms with Crippen molar-refractivity contribution < 1.29 is 18.6 Å². The topological polar surface area (TPSA) is 41.5 Å². The fourth-order valence-electron chi connectivity index (χ4n) is 1.26. The number of rotatable bonds is 5. The number of hydrogen-bond acceptors (Lipinski definition) is 3. The number of likely N-dealkylation sites (N-methyl/N-ethyl adjacent to an activating group) is 1. The van der Waals surface area contributed by atoms with Crippen LogP contribution in [0.3, 0.4) is 0 Å². The van der Waals surface area contributed by atoms with E-state index >= 15 is 0 Å². The van der Waals surface area contributed by atoms with Gasteiger partial charge in [0.25, 0.3) is 0 Å². The van der Waals surface area contributed by atoms with E-state index in [0.29, 0.717) is 5.56 Å². The highest BCUT2D eigenvalue weighted by Gasteiger charge is 2.14. The first kappa shape index (κ1) is 11.9. The van der Waals surface area contributed by atoms with Gasteiger partial charge in [-0.3, -0.25) is 0 Å². The fraction of sp³-hybridized carbons (Fsp3) is 0.400. The average Bonchev–Trinajstić information content (AvgIpc) is 2.18. The number of halogens is 2. The lowest BCUT2D eigenvalue weighted by Gasteiger charge is -2.15. The molecule has 0 radical (unpaired) electrons. The predicted octanol–water partition coefficient (Wildman–Crippen LogP) is 1.54. The predicted molar refractivity (Wildman–Crippen MR) is 52.0 cm³/mol. The Morgan fingerprint density at radius 3 is 2.67 bits per heavy atom. The van der Waals surface area contributed by atoms with E-state index < -0.39 is 12.7 Å². The summed E-state index contributed by atoms with van der Waals surface area (Å²) in [6.07, 6.45) is -0.857. The van der Waals surface area contributed by atoms with Crippen LogP contribution in [-0.2, 0) is 0 Å². The van der Waals surface area contributed by atoms with E-state index in [1.807, 2.05) is 0 Å². The van der Waals surface area contributed by atoms with Crippen molar-refractivity contribution in [3.05, 3.63) is 29.8 Å². The molecule has 2 N–H and O–H groups in total. The minimum absolute atomic E-state index is 0.00949. The van der Waals surface area contributed by atoms with E-state index in [9.17, 15) is 13.9 Å². The lowest BCUT2D eigenvalue weighted by atomic mass is 10.1. The molecule has 0 spiro atoms. The van der Waals surface area contributed by atoms with Crippen molar-refractivity contribution in [1.29, 1.82) is 0 Å². The molecule has 0 aliphatic heterocycles. The number of aliphatic hydroxyl groups is 1. The molecule has 0 saturated carbocycles. The summed E-state index contributed by atoms with van der Waals surface area (Å²) in [7, 11) is 1.67. The standard InChI is InChI=1S/C10H13F2NO2/c1-13-6-8(14)7-4-2-3-5-9(7)15-10(11)12/h2-5,8,10,13-14H,6H2,1H3. The Balaban J connectivity index is 2.85. The molecule has 15 heavy (non-hydrogen) atoms. The minimum atomic E-state index is -2.88. The van der Waals surface area contributed by atoms with Crippen molar-refractivity contribution in [1.82, 2.24) is 5.32 Å². The molecule has 0 fully saturated rings. The SMILES string of the molecule is CNCC(O)c1ccccc1OC(F)F. The van der Waals surface area contributed by atoms with Gasteiger partial charge in [-0.15, -0.1) is 0 Å². The van der Waals surface area contributed by atoms with Crippen molar-refractivity contribution in [2.75, 3.05) is 13.6 Å². The van der Waals surface area contributed by atoms with Crippen LogP contribution in [0.1, 0.15) is 11.7 Å². The molecule has 1 aromatic rings. The van der Waals surface area contributed by atoms with Crippen LogP contribution >= 0.6 is 0 Å². The first-order valence-corrected chi connectivity index (χ1v) is 4.51. The van der Waals surface area contributed by atoms with Gasteiger partial charge in [-0.05, 0) is 13.1 Å². The molecular weight excluding hydrogens is 204 g/mol. The third kappa shape index (κ3) is 3.45. The number of nitrogens with one attached hydrogen (secondary N) is 1. The van der Waals surface area contributed by atoms with Crippen LogP contribution in [0.2, 0.25) is 0 Å². The smallest absolute Gasteiger partial charge is 0.387 e. The lowest BCUT2D eigenvalue weighted by Crippen LogP contribution is -2.18. The van der Waals surface area contributed by atoms with Crippen molar-refractivity contribution in [3.63, 3.8) is 0 Å². The zero-order valence-corrected chi connectivity index (χ0v) is 8.28. The second-order valence-corrected chi connectivity index (χ2v) is 2.99. The lowest BCUT2D eigenvalue weighted by molar-refractivity contribution is -0.0515. The summed E-state index contributed by atoms with van der Waals surface area (Å²) in [5.74, 6) is 0.00949. The Bertz CT molecular complexity index is 307. The summed E-state index contributed by atoms with van der Waals surface area (Å²) in [5.41, 5.74) is 0.354. The maximum Gasteiger partial charge on any atom is 0.387 e. The first-order valence-electron chi connectivity index (χ1n) is 4.51. The third-order valence-corrected chi connectivity index (χ3v) is 1.89. The van der Waals surface area contributed by atoms with Crippen LogP contribution in [0.5, 0.6) is 5.75 Å². The Hall–Kier alpha value is -1.20. The molecule has 0 aromatic heterocycles. The Morgan fingerprint density at radius 1 is 1.40 bits per heavy atom. The second-order valence-electron chi connectivity index (χ2n) is 2.99. The Labute approximate surface area is 86.7 Å². The minimum Gasteiger partial charge on any atom is -0.434 e. The van der Waals surface area contributed by atoms with Crippen molar-refractivity contribution in [2.24, 2.45) is 0 Å².